The van der Waals surface area contributed by atoms with Crippen LogP contribution in [-0.4, -0.2) is 219 Å². The molecule has 0 aromatic heterocycles. The van der Waals surface area contributed by atoms with Crippen molar-refractivity contribution in [2.45, 2.75) is 518 Å². The third-order valence-corrected chi connectivity index (χ3v) is 28.5. The molecule has 0 radical (unpaired) electrons. The third-order valence-electron chi connectivity index (χ3n) is 28.5. The zero-order valence-corrected chi connectivity index (χ0v) is 86.7. The lowest BCUT2D eigenvalue weighted by Crippen LogP contribution is -2.53. The predicted molar refractivity (Wildman–Crippen MR) is 526 cm³/mol. The first-order chi connectivity index (χ1) is 57.2. The highest BCUT2D eigenvalue weighted by Gasteiger charge is 2.43. The first-order valence-corrected chi connectivity index (χ1v) is 52.2. The molecule has 15 heteroatoms. The highest BCUT2D eigenvalue weighted by atomic mass is 16.5. The smallest absolute Gasteiger partial charge is 0.0827 e. The van der Waals surface area contributed by atoms with Crippen molar-refractivity contribution in [1.29, 1.82) is 0 Å². The molecule has 0 bridgehead atoms. The van der Waals surface area contributed by atoms with E-state index in [2.05, 4.69) is 246 Å². The molecule has 14 fully saturated rings. The van der Waals surface area contributed by atoms with Crippen molar-refractivity contribution in [2.24, 2.45) is 57.7 Å². The van der Waals surface area contributed by atoms with E-state index in [4.69, 9.17) is 34.8 Å². The Kier molecular flexibility index (Phi) is 44.6. The molecule has 14 aliphatic rings. The number of ether oxygens (including phenoxy) is 6. The summed E-state index contributed by atoms with van der Waals surface area (Å²) in [5, 5.41) is 21.9. The average Bonchev–Trinajstić information content (AvgIpc) is 1.27. The van der Waals surface area contributed by atoms with Crippen molar-refractivity contribution < 1.29 is 28.4 Å². The summed E-state index contributed by atoms with van der Waals surface area (Å²) in [6.07, 6.45) is 54.4. The molecule has 6 N–H and O–H groups in total. The molecule has 0 aromatic rings. The fraction of sp³-hybridized carbons (Fsp3) is 0.981. The quantitative estimate of drug-likeness (QED) is 0.0541. The number of hydrogen-bond donors (Lipinski definition) is 6. The van der Waals surface area contributed by atoms with Crippen molar-refractivity contribution in [2.75, 3.05) is 105 Å². The van der Waals surface area contributed by atoms with Crippen LogP contribution in [0.15, 0.2) is 0 Å². The van der Waals surface area contributed by atoms with Gasteiger partial charge in [0.2, 0.25) is 0 Å². The van der Waals surface area contributed by atoms with Gasteiger partial charge in [-0.05, 0) is 437 Å². The van der Waals surface area contributed by atoms with Crippen LogP contribution in [0.4, 0.5) is 0 Å². The summed E-state index contributed by atoms with van der Waals surface area (Å²) < 4.78 is 34.5. The van der Waals surface area contributed by atoms with E-state index in [9.17, 15) is 0 Å². The number of rotatable bonds is 23. The molecule has 1 spiro atoms. The van der Waals surface area contributed by atoms with E-state index in [1.54, 1.807) is 0 Å². The second-order valence-corrected chi connectivity index (χ2v) is 52.1. The summed E-state index contributed by atoms with van der Waals surface area (Å²) in [6, 6.07) is 5.84. The van der Waals surface area contributed by atoms with Crippen LogP contribution < -0.4 is 31.9 Å². The lowest BCUT2D eigenvalue weighted by atomic mass is 9.69. The van der Waals surface area contributed by atoms with Crippen molar-refractivity contribution in [3.8, 4) is 12.3 Å². The van der Waals surface area contributed by atoms with Gasteiger partial charge in [0.05, 0.1) is 75.3 Å². The standard InChI is InChI=1S/C18H34N2.C13H26N2O.C13H26N2.C13H23N.C13H24O2.2C13H26O.C12H24N2O/c1-18(2,3)19-16-8-10-17(11-9-16)20(12-14-4-5-14)13-15-6-7-15;1-13(2,3)14-9-12-10-15(7-8-16-12)11-5-4-6-11;1-13(2,3)15-12-8-6-11(7-9-12)14-10-4-5-10;1-5-11-6-8-12(9-7-11)10-14-13(2,3)4;1-12(2,3)15-8-11-4-6-13(7-5-11)9-14-10-13;2*1-12(2,3)14-10-11-6-8-13(4,5)9-7-11;1-12(2,3)13-8-11-9-14(6-7-15-11)10-4-5-10/h14-17,19H,4-13H2,1-3H3;11-12,14H,4-10H2,1-3H3;10-12,14-15H,4-9H2,1-3H3;1,11-12,14H,6-10H2,2-4H3;11H,4-10H2,1-3H3;2*11H,6-10H2,1-5H3;10-11,13H,4-9H2,1-3H3. The SMILES string of the molecule is C#CC1CCC(CNC(C)(C)C)CC1.CC(C)(C)NC1CCC(N(CC2CC2)CC2CC2)CC1.CC(C)(C)NC1CCC(NC2CC2)CC1.CC(C)(C)NCC1CN(C2CC2)CCO1.CC(C)(C)NCC1CN(C2CCC2)CCO1.CC(C)(C)OCC1CCC2(CC1)COC2.CC1(C)CCC(COC(C)(C)C)CC1.CC1(C)CCC(COC(C)(C)C)CC1. The van der Waals surface area contributed by atoms with Gasteiger partial charge in [-0.1, -0.05) is 34.1 Å². The normalized spacial score (nSPS) is 28.5. The maximum Gasteiger partial charge on any atom is 0.0827 e. The molecule has 14 rings (SSSR count). The lowest BCUT2D eigenvalue weighted by Gasteiger charge is -2.46. The van der Waals surface area contributed by atoms with Crippen molar-refractivity contribution in [3.05, 3.63) is 0 Å². The van der Waals surface area contributed by atoms with Gasteiger partial charge in [0.25, 0.3) is 0 Å². The topological polar surface area (TPSA) is 137 Å². The zero-order chi connectivity index (χ0) is 90.7. The van der Waals surface area contributed by atoms with Crippen molar-refractivity contribution in [1.82, 2.24) is 46.6 Å². The highest BCUT2D eigenvalue weighted by molar-refractivity contribution is 4.98. The zero-order valence-electron chi connectivity index (χ0n) is 86.7. The van der Waals surface area contributed by atoms with Crippen LogP contribution in [0.3, 0.4) is 0 Å². The summed E-state index contributed by atoms with van der Waals surface area (Å²) in [5.41, 5.74) is 3.04. The molecule has 2 atom stereocenters. The van der Waals surface area contributed by atoms with Crippen molar-refractivity contribution >= 4 is 0 Å². The second-order valence-electron chi connectivity index (χ2n) is 52.1. The Balaban J connectivity index is 0.000000194. The minimum Gasteiger partial charge on any atom is -0.380 e. The number of terminal acetylenes is 1. The van der Waals surface area contributed by atoms with Gasteiger partial charge in [0, 0.05) is 134 Å². The van der Waals surface area contributed by atoms with Gasteiger partial charge in [-0.25, -0.2) is 0 Å². The number of hydrogen-bond acceptors (Lipinski definition) is 15. The molecule has 3 heterocycles. The first kappa shape index (κ1) is 109. The molecule has 123 heavy (non-hydrogen) atoms. The summed E-state index contributed by atoms with van der Waals surface area (Å²) in [5.74, 6) is 8.79. The maximum atomic E-state index is 5.86. The van der Waals surface area contributed by atoms with Crippen LogP contribution in [0, 0.1) is 70.0 Å². The molecule has 11 aliphatic carbocycles. The van der Waals surface area contributed by atoms with Gasteiger partial charge in [-0.3, -0.25) is 14.7 Å². The van der Waals surface area contributed by atoms with Crippen LogP contribution >= 0.6 is 0 Å². The Labute approximate surface area is 763 Å². The van der Waals surface area contributed by atoms with E-state index in [0.29, 0.717) is 34.4 Å². The Bertz CT molecular complexity index is 2760. The van der Waals surface area contributed by atoms with Crippen LogP contribution in [0.2, 0.25) is 0 Å². The van der Waals surface area contributed by atoms with Crippen LogP contribution in [0.25, 0.3) is 0 Å². The fourth-order valence-corrected chi connectivity index (χ4v) is 19.3. The van der Waals surface area contributed by atoms with E-state index in [1.807, 2.05) is 0 Å². The molecule has 722 valence electrons. The number of morpholine rings is 2. The van der Waals surface area contributed by atoms with Gasteiger partial charge in [0.1, 0.15) is 0 Å². The molecule has 2 unspecified atom stereocenters. The fourth-order valence-electron chi connectivity index (χ4n) is 19.3. The summed E-state index contributed by atoms with van der Waals surface area (Å²) in [4.78, 5) is 8.11. The number of nitrogens with one attached hydrogen (secondary N) is 6. The van der Waals surface area contributed by atoms with Gasteiger partial charge in [-0.15, -0.1) is 12.3 Å². The first-order valence-electron chi connectivity index (χ1n) is 52.2. The molecule has 0 aromatic carbocycles. The number of nitrogens with zero attached hydrogens (tertiary/aromatic N) is 3. The average molecular weight is 1730 g/mol. The van der Waals surface area contributed by atoms with Gasteiger partial charge >= 0.3 is 0 Å². The van der Waals surface area contributed by atoms with Gasteiger partial charge in [-0.2, -0.15) is 0 Å². The third kappa shape index (κ3) is 51.1. The van der Waals surface area contributed by atoms with Gasteiger partial charge < -0.3 is 60.3 Å². The van der Waals surface area contributed by atoms with E-state index in [-0.39, 0.29) is 44.5 Å². The monoisotopic (exact) mass is 1730 g/mol. The van der Waals surface area contributed by atoms with Crippen LogP contribution in [-0.2, 0) is 28.4 Å². The van der Waals surface area contributed by atoms with E-state index in [1.165, 1.54) is 238 Å². The Morgan fingerprint density at radius 3 is 1.00 bits per heavy atom. The summed E-state index contributed by atoms with van der Waals surface area (Å²) in [6.45, 7) is 79.5. The minimum absolute atomic E-state index is 0.0225. The van der Waals surface area contributed by atoms with E-state index in [0.717, 1.165) is 170 Å². The highest BCUT2D eigenvalue weighted by Crippen LogP contribution is 2.46. The molecule has 3 saturated heterocycles. The predicted octanol–water partition coefficient (Wildman–Crippen LogP) is 23.0. The van der Waals surface area contributed by atoms with Crippen LogP contribution in [0.1, 0.15) is 419 Å². The lowest BCUT2D eigenvalue weighted by molar-refractivity contribution is -0.142. The van der Waals surface area contributed by atoms with Gasteiger partial charge in [0.15, 0.2) is 0 Å². The molecule has 15 nitrogen and oxygen atoms in total. The van der Waals surface area contributed by atoms with Crippen LogP contribution in [0.5, 0.6) is 0 Å². The minimum atomic E-state index is 0.0225. The second kappa shape index (κ2) is 50.3. The maximum absolute atomic E-state index is 5.86. The van der Waals surface area contributed by atoms with E-state index >= 15 is 0 Å². The molecular formula is C108H209N9O6. The Morgan fingerprint density at radius 1 is 0.366 bits per heavy atom. The molecule has 3 aliphatic heterocycles. The summed E-state index contributed by atoms with van der Waals surface area (Å²) in [7, 11) is 0. The molecule has 0 amide bonds. The van der Waals surface area contributed by atoms with E-state index < -0.39 is 0 Å². The molecule has 11 saturated carbocycles. The largest absolute Gasteiger partial charge is 0.380 e. The Hall–Kier alpha value is -1.04. The molecular weight excluding hydrogens is 1520 g/mol. The summed E-state index contributed by atoms with van der Waals surface area (Å²) >= 11 is 0. The van der Waals surface area contributed by atoms with Crippen molar-refractivity contribution in [3.63, 3.8) is 0 Å². The Morgan fingerprint density at radius 2 is 0.699 bits per heavy atom.